The van der Waals surface area contributed by atoms with E-state index in [4.69, 9.17) is 10.5 Å². The molecule has 0 aromatic rings. The van der Waals surface area contributed by atoms with Crippen molar-refractivity contribution in [2.45, 2.75) is 50.5 Å². The first-order valence-electron chi connectivity index (χ1n) is 7.81. The summed E-state index contributed by atoms with van der Waals surface area (Å²) in [6.45, 7) is 1.39. The fourth-order valence-corrected chi connectivity index (χ4v) is 4.81. The summed E-state index contributed by atoms with van der Waals surface area (Å²) >= 11 is 1.99. The van der Waals surface area contributed by atoms with E-state index in [-0.39, 0.29) is 17.4 Å². The van der Waals surface area contributed by atoms with Gasteiger partial charge in [0.1, 0.15) is 0 Å². The molecule has 0 aliphatic carbocycles. The number of thioether (sulfide) groups is 1. The van der Waals surface area contributed by atoms with Crippen LogP contribution in [0, 0.1) is 11.8 Å². The number of rotatable bonds is 6. The smallest absolute Gasteiger partial charge is 0.306 e. The van der Waals surface area contributed by atoms with Crippen molar-refractivity contribution in [3.63, 3.8) is 0 Å². The molecule has 116 valence electrons. The van der Waals surface area contributed by atoms with Gasteiger partial charge in [0.2, 0.25) is 0 Å². The average molecular weight is 301 g/mol. The molecule has 2 rings (SSSR count). The van der Waals surface area contributed by atoms with Crippen LogP contribution in [0.25, 0.3) is 0 Å². The molecule has 2 unspecified atom stereocenters. The first kappa shape index (κ1) is 16.1. The Bertz CT molecular complexity index is 313. The predicted octanol–water partition coefficient (Wildman–Crippen LogP) is 2.51. The lowest BCUT2D eigenvalue weighted by Gasteiger charge is -2.44. The van der Waals surface area contributed by atoms with Crippen LogP contribution in [0.3, 0.4) is 0 Å². The maximum atomic E-state index is 11.6. The van der Waals surface area contributed by atoms with E-state index in [9.17, 15) is 9.90 Å². The Morgan fingerprint density at radius 2 is 2.15 bits per heavy atom. The molecular weight excluding hydrogens is 274 g/mol. The second-order valence-electron chi connectivity index (χ2n) is 6.13. The Kier molecular flexibility index (Phi) is 6.18. The predicted molar refractivity (Wildman–Crippen MR) is 82.0 cm³/mol. The van der Waals surface area contributed by atoms with Crippen LogP contribution in [0.4, 0.5) is 0 Å². The third kappa shape index (κ3) is 4.12. The van der Waals surface area contributed by atoms with Gasteiger partial charge in [0, 0.05) is 6.61 Å². The molecule has 2 fully saturated rings. The van der Waals surface area contributed by atoms with Crippen molar-refractivity contribution < 1.29 is 14.6 Å². The monoisotopic (exact) mass is 301 g/mol. The number of aliphatic carboxylic acids is 1. The van der Waals surface area contributed by atoms with Crippen molar-refractivity contribution in [3.8, 4) is 0 Å². The molecule has 4 nitrogen and oxygen atoms in total. The highest BCUT2D eigenvalue weighted by atomic mass is 32.2. The molecule has 0 amide bonds. The molecule has 20 heavy (non-hydrogen) atoms. The molecule has 2 atom stereocenters. The normalized spacial score (nSPS) is 27.4. The molecule has 5 heteroatoms. The molecule has 2 saturated heterocycles. The number of carbonyl (C=O) groups is 1. The Balaban J connectivity index is 1.95. The summed E-state index contributed by atoms with van der Waals surface area (Å²) in [5.41, 5.74) is 5.49. The summed E-state index contributed by atoms with van der Waals surface area (Å²) in [6, 6.07) is 0. The quantitative estimate of drug-likeness (QED) is 0.738. The van der Waals surface area contributed by atoms with Gasteiger partial charge < -0.3 is 15.6 Å². The molecule has 0 saturated carbocycles. The van der Waals surface area contributed by atoms with Crippen LogP contribution in [-0.2, 0) is 9.53 Å². The van der Waals surface area contributed by atoms with Crippen LogP contribution < -0.4 is 5.73 Å². The highest BCUT2D eigenvalue weighted by Gasteiger charge is 2.42. The molecule has 0 bridgehead atoms. The molecule has 3 N–H and O–H groups in total. The topological polar surface area (TPSA) is 72.6 Å². The van der Waals surface area contributed by atoms with E-state index in [1.807, 2.05) is 11.8 Å². The van der Waals surface area contributed by atoms with E-state index in [1.54, 1.807) is 0 Å². The van der Waals surface area contributed by atoms with Gasteiger partial charge in [-0.2, -0.15) is 11.8 Å². The number of carboxylic acid groups (broad SMARTS) is 1. The second-order valence-corrected chi connectivity index (χ2v) is 7.35. The number of carboxylic acids is 1. The average Bonchev–Trinajstić information content (AvgIpc) is 2.44. The van der Waals surface area contributed by atoms with E-state index >= 15 is 0 Å². The molecule has 0 aromatic heterocycles. The van der Waals surface area contributed by atoms with E-state index in [0.29, 0.717) is 6.54 Å². The van der Waals surface area contributed by atoms with Crippen LogP contribution in [0.1, 0.15) is 44.9 Å². The van der Waals surface area contributed by atoms with Crippen LogP contribution in [0.5, 0.6) is 0 Å². The summed E-state index contributed by atoms with van der Waals surface area (Å²) < 4.78 is 6.07. The van der Waals surface area contributed by atoms with Gasteiger partial charge in [0.15, 0.2) is 0 Å². The standard InChI is InChI=1S/C15H27NO3S/c16-7-2-1-3-13(14(17)18)12-4-8-19-15(11-12)5-9-20-10-6-15/h12-13H,1-11,16H2,(H,17,18). The summed E-state index contributed by atoms with van der Waals surface area (Å²) in [5.74, 6) is 1.74. The minimum Gasteiger partial charge on any atom is -0.481 e. The van der Waals surface area contributed by atoms with Gasteiger partial charge in [-0.15, -0.1) is 0 Å². The highest BCUT2D eigenvalue weighted by molar-refractivity contribution is 7.99. The Morgan fingerprint density at radius 1 is 1.40 bits per heavy atom. The van der Waals surface area contributed by atoms with Gasteiger partial charge in [0.25, 0.3) is 0 Å². The largest absolute Gasteiger partial charge is 0.481 e. The minimum atomic E-state index is -0.630. The minimum absolute atomic E-state index is 0.0181. The number of unbranched alkanes of at least 4 members (excludes halogenated alkanes) is 1. The van der Waals surface area contributed by atoms with Crippen molar-refractivity contribution in [1.29, 1.82) is 0 Å². The van der Waals surface area contributed by atoms with E-state index < -0.39 is 5.97 Å². The Hall–Kier alpha value is -0.260. The fraction of sp³-hybridized carbons (Fsp3) is 0.933. The van der Waals surface area contributed by atoms with Crippen molar-refractivity contribution in [1.82, 2.24) is 0 Å². The molecule has 2 aliphatic heterocycles. The first-order chi connectivity index (χ1) is 9.67. The van der Waals surface area contributed by atoms with Gasteiger partial charge in [0.05, 0.1) is 11.5 Å². The van der Waals surface area contributed by atoms with Gasteiger partial charge in [-0.05, 0) is 62.5 Å². The van der Waals surface area contributed by atoms with Crippen molar-refractivity contribution in [2.75, 3.05) is 24.7 Å². The lowest BCUT2D eigenvalue weighted by molar-refractivity contribution is -0.151. The number of hydrogen-bond acceptors (Lipinski definition) is 4. The molecule has 0 aromatic carbocycles. The number of hydrogen-bond donors (Lipinski definition) is 2. The van der Waals surface area contributed by atoms with E-state index in [1.165, 1.54) is 0 Å². The van der Waals surface area contributed by atoms with E-state index in [2.05, 4.69) is 0 Å². The van der Waals surface area contributed by atoms with Gasteiger partial charge in [-0.3, -0.25) is 4.79 Å². The molecule has 2 heterocycles. The molecule has 1 spiro atoms. The van der Waals surface area contributed by atoms with Gasteiger partial charge >= 0.3 is 5.97 Å². The highest BCUT2D eigenvalue weighted by Crippen LogP contribution is 2.42. The number of ether oxygens (including phenoxy) is 1. The number of nitrogens with two attached hydrogens (primary N) is 1. The zero-order valence-corrected chi connectivity index (χ0v) is 13.0. The van der Waals surface area contributed by atoms with Crippen molar-refractivity contribution in [3.05, 3.63) is 0 Å². The van der Waals surface area contributed by atoms with Crippen LogP contribution in [0.2, 0.25) is 0 Å². The summed E-state index contributed by atoms with van der Waals surface area (Å²) in [5, 5.41) is 9.54. The zero-order chi connectivity index (χ0) is 14.4. The zero-order valence-electron chi connectivity index (χ0n) is 12.2. The van der Waals surface area contributed by atoms with Gasteiger partial charge in [-0.1, -0.05) is 6.42 Å². The third-order valence-electron chi connectivity index (χ3n) is 4.79. The van der Waals surface area contributed by atoms with Crippen LogP contribution in [-0.4, -0.2) is 41.3 Å². The molecule has 2 aliphatic rings. The Morgan fingerprint density at radius 3 is 2.80 bits per heavy atom. The summed E-state index contributed by atoms with van der Waals surface area (Å²) in [7, 11) is 0. The van der Waals surface area contributed by atoms with Crippen LogP contribution in [0.15, 0.2) is 0 Å². The lowest BCUT2D eigenvalue weighted by Crippen LogP contribution is -2.45. The van der Waals surface area contributed by atoms with Crippen LogP contribution >= 0.6 is 11.8 Å². The lowest BCUT2D eigenvalue weighted by atomic mass is 9.74. The molecular formula is C15H27NO3S. The van der Waals surface area contributed by atoms with Crippen molar-refractivity contribution in [2.24, 2.45) is 17.6 Å². The van der Waals surface area contributed by atoms with Gasteiger partial charge in [-0.25, -0.2) is 0 Å². The fourth-order valence-electron chi connectivity index (χ4n) is 3.57. The summed E-state index contributed by atoms with van der Waals surface area (Å²) in [6.07, 6.45) is 6.62. The SMILES string of the molecule is NCCCCC(C(=O)O)C1CCOC2(CCSCC2)C1. The second kappa shape index (κ2) is 7.66. The molecule has 0 radical (unpaired) electrons. The first-order valence-corrected chi connectivity index (χ1v) is 8.97. The summed E-state index contributed by atoms with van der Waals surface area (Å²) in [4.78, 5) is 11.6. The third-order valence-corrected chi connectivity index (χ3v) is 5.78. The van der Waals surface area contributed by atoms with Crippen molar-refractivity contribution >= 4 is 17.7 Å². The van der Waals surface area contributed by atoms with E-state index in [0.717, 1.165) is 63.1 Å². The maximum Gasteiger partial charge on any atom is 0.306 e. The Labute approximate surface area is 125 Å². The maximum absolute atomic E-state index is 11.6.